The van der Waals surface area contributed by atoms with Crippen molar-refractivity contribution in [2.75, 3.05) is 19.6 Å². The molecule has 0 aliphatic carbocycles. The SMILES string of the molecule is N#Cc1ccc(Cl)c(S(=O)(=O)NCCC2CCNC2)c1. The lowest BCUT2D eigenvalue weighted by atomic mass is 10.1. The second kappa shape index (κ2) is 6.55. The minimum absolute atomic E-state index is 0.0391. The lowest BCUT2D eigenvalue weighted by Crippen LogP contribution is -2.27. The van der Waals surface area contributed by atoms with Crippen LogP contribution in [0.4, 0.5) is 0 Å². The summed E-state index contributed by atoms with van der Waals surface area (Å²) in [6.07, 6.45) is 1.87. The van der Waals surface area contributed by atoms with Crippen LogP contribution >= 0.6 is 11.6 Å². The van der Waals surface area contributed by atoms with E-state index in [0.29, 0.717) is 12.5 Å². The quantitative estimate of drug-likeness (QED) is 0.863. The van der Waals surface area contributed by atoms with Gasteiger partial charge in [-0.15, -0.1) is 0 Å². The number of benzene rings is 1. The molecule has 1 atom stereocenters. The predicted molar refractivity (Wildman–Crippen MR) is 76.9 cm³/mol. The summed E-state index contributed by atoms with van der Waals surface area (Å²) in [6, 6.07) is 6.12. The van der Waals surface area contributed by atoms with Gasteiger partial charge in [0.1, 0.15) is 4.90 Å². The summed E-state index contributed by atoms with van der Waals surface area (Å²) in [7, 11) is -3.67. The van der Waals surface area contributed by atoms with Gasteiger partial charge in [0, 0.05) is 6.54 Å². The summed E-state index contributed by atoms with van der Waals surface area (Å²) in [6.45, 7) is 2.31. The molecule has 1 fully saturated rings. The fraction of sp³-hybridized carbons (Fsp3) is 0.462. The van der Waals surface area contributed by atoms with Gasteiger partial charge in [0.2, 0.25) is 10.0 Å². The highest BCUT2D eigenvalue weighted by molar-refractivity contribution is 7.89. The molecule has 0 spiro atoms. The van der Waals surface area contributed by atoms with Crippen LogP contribution in [0.2, 0.25) is 5.02 Å². The van der Waals surface area contributed by atoms with Crippen LogP contribution in [-0.2, 0) is 10.0 Å². The van der Waals surface area contributed by atoms with Crippen molar-refractivity contribution in [3.8, 4) is 6.07 Å². The summed E-state index contributed by atoms with van der Waals surface area (Å²) < 4.78 is 26.9. The highest BCUT2D eigenvalue weighted by Crippen LogP contribution is 2.22. The monoisotopic (exact) mass is 313 g/mol. The van der Waals surface area contributed by atoms with Gasteiger partial charge in [0.15, 0.2) is 0 Å². The molecule has 2 rings (SSSR count). The predicted octanol–water partition coefficient (Wildman–Crippen LogP) is 1.49. The molecule has 20 heavy (non-hydrogen) atoms. The molecular weight excluding hydrogens is 298 g/mol. The largest absolute Gasteiger partial charge is 0.316 e. The Morgan fingerprint density at radius 3 is 2.95 bits per heavy atom. The van der Waals surface area contributed by atoms with Crippen molar-refractivity contribution >= 4 is 21.6 Å². The van der Waals surface area contributed by atoms with Gasteiger partial charge in [-0.3, -0.25) is 0 Å². The summed E-state index contributed by atoms with van der Waals surface area (Å²) in [5.41, 5.74) is 0.273. The van der Waals surface area contributed by atoms with Gasteiger partial charge in [-0.1, -0.05) is 11.6 Å². The van der Waals surface area contributed by atoms with Crippen molar-refractivity contribution in [1.29, 1.82) is 5.26 Å². The molecule has 108 valence electrons. The van der Waals surface area contributed by atoms with Crippen LogP contribution in [-0.4, -0.2) is 28.1 Å². The third kappa shape index (κ3) is 3.70. The van der Waals surface area contributed by atoms with Crippen LogP contribution in [0.5, 0.6) is 0 Å². The number of nitrogens with one attached hydrogen (secondary N) is 2. The first-order valence-corrected chi connectivity index (χ1v) is 8.29. The minimum atomic E-state index is -3.67. The molecule has 1 heterocycles. The highest BCUT2D eigenvalue weighted by Gasteiger charge is 2.20. The van der Waals surface area contributed by atoms with E-state index in [-0.39, 0.29) is 15.5 Å². The summed E-state index contributed by atoms with van der Waals surface area (Å²) in [5.74, 6) is 0.513. The maximum atomic E-state index is 12.2. The summed E-state index contributed by atoms with van der Waals surface area (Å²) in [5, 5.41) is 12.2. The van der Waals surface area contributed by atoms with Crippen molar-refractivity contribution in [2.24, 2.45) is 5.92 Å². The zero-order chi connectivity index (χ0) is 14.6. The third-order valence-electron chi connectivity index (χ3n) is 3.36. The number of nitriles is 1. The number of halogens is 1. The van der Waals surface area contributed by atoms with Crippen LogP contribution in [0.25, 0.3) is 0 Å². The normalized spacial score (nSPS) is 18.9. The molecule has 0 radical (unpaired) electrons. The maximum absolute atomic E-state index is 12.2. The van der Waals surface area contributed by atoms with Gasteiger partial charge < -0.3 is 5.32 Å². The first kappa shape index (κ1) is 15.3. The molecule has 0 bridgehead atoms. The van der Waals surface area contributed by atoms with E-state index in [1.54, 1.807) is 0 Å². The second-order valence-electron chi connectivity index (χ2n) is 4.80. The van der Waals surface area contributed by atoms with Crippen LogP contribution < -0.4 is 10.0 Å². The second-order valence-corrected chi connectivity index (χ2v) is 6.94. The Labute approximate surface area is 124 Å². The zero-order valence-corrected chi connectivity index (χ0v) is 12.5. The topological polar surface area (TPSA) is 82.0 Å². The van der Waals surface area contributed by atoms with Gasteiger partial charge in [-0.05, 0) is 50.0 Å². The summed E-state index contributed by atoms with van der Waals surface area (Å²) in [4.78, 5) is -0.0391. The van der Waals surface area contributed by atoms with Crippen molar-refractivity contribution in [3.63, 3.8) is 0 Å². The Balaban J connectivity index is 2.04. The number of nitrogens with zero attached hydrogens (tertiary/aromatic N) is 1. The molecule has 0 aromatic heterocycles. The average Bonchev–Trinajstić information content (AvgIpc) is 2.92. The average molecular weight is 314 g/mol. The van der Waals surface area contributed by atoms with Crippen LogP contribution in [0, 0.1) is 17.2 Å². The van der Waals surface area contributed by atoms with Gasteiger partial charge in [-0.25, -0.2) is 13.1 Å². The molecule has 0 saturated carbocycles. The van der Waals surface area contributed by atoms with E-state index in [4.69, 9.17) is 16.9 Å². The standard InChI is InChI=1S/C13H16ClN3O2S/c14-12-2-1-11(8-15)7-13(12)20(18,19)17-6-4-10-3-5-16-9-10/h1-2,7,10,16-17H,3-6,9H2. The van der Waals surface area contributed by atoms with E-state index in [1.807, 2.05) is 6.07 Å². The van der Waals surface area contributed by atoms with Crippen molar-refractivity contribution in [1.82, 2.24) is 10.0 Å². The number of rotatable bonds is 5. The van der Waals surface area contributed by atoms with E-state index in [9.17, 15) is 8.42 Å². The van der Waals surface area contributed by atoms with Gasteiger partial charge in [0.05, 0.1) is 16.7 Å². The van der Waals surface area contributed by atoms with Crippen LogP contribution in [0.3, 0.4) is 0 Å². The van der Waals surface area contributed by atoms with Gasteiger partial charge >= 0.3 is 0 Å². The van der Waals surface area contributed by atoms with Crippen LogP contribution in [0.1, 0.15) is 18.4 Å². The van der Waals surface area contributed by atoms with E-state index in [1.165, 1.54) is 18.2 Å². The van der Waals surface area contributed by atoms with Gasteiger partial charge in [0.25, 0.3) is 0 Å². The van der Waals surface area contributed by atoms with E-state index in [2.05, 4.69) is 10.0 Å². The molecule has 1 unspecified atom stereocenters. The zero-order valence-electron chi connectivity index (χ0n) is 10.9. The Bertz CT molecular complexity index is 619. The van der Waals surface area contributed by atoms with Crippen molar-refractivity contribution in [2.45, 2.75) is 17.7 Å². The molecule has 5 nitrogen and oxygen atoms in total. The first-order chi connectivity index (χ1) is 9.53. The van der Waals surface area contributed by atoms with E-state index in [0.717, 1.165) is 25.9 Å². The fourth-order valence-corrected chi connectivity index (χ4v) is 3.79. The molecular formula is C13H16ClN3O2S. The molecule has 0 amide bonds. The molecule has 1 saturated heterocycles. The fourth-order valence-electron chi connectivity index (χ4n) is 2.21. The molecule has 1 aliphatic rings. The molecule has 2 N–H and O–H groups in total. The highest BCUT2D eigenvalue weighted by atomic mass is 35.5. The smallest absolute Gasteiger partial charge is 0.242 e. The number of sulfonamides is 1. The first-order valence-electron chi connectivity index (χ1n) is 6.43. The van der Waals surface area contributed by atoms with Crippen molar-refractivity contribution < 1.29 is 8.42 Å². The van der Waals surface area contributed by atoms with E-state index < -0.39 is 10.0 Å². The molecule has 1 aromatic rings. The summed E-state index contributed by atoms with van der Waals surface area (Å²) >= 11 is 5.91. The molecule has 1 aromatic carbocycles. The Morgan fingerprint density at radius 1 is 1.50 bits per heavy atom. The van der Waals surface area contributed by atoms with Crippen LogP contribution in [0.15, 0.2) is 23.1 Å². The van der Waals surface area contributed by atoms with Gasteiger partial charge in [-0.2, -0.15) is 5.26 Å². The van der Waals surface area contributed by atoms with Crippen molar-refractivity contribution in [3.05, 3.63) is 28.8 Å². The van der Waals surface area contributed by atoms with E-state index >= 15 is 0 Å². The number of hydrogen-bond donors (Lipinski definition) is 2. The Hall–Kier alpha value is -1.13. The maximum Gasteiger partial charge on any atom is 0.242 e. The number of hydrogen-bond acceptors (Lipinski definition) is 4. The Morgan fingerprint density at radius 2 is 2.30 bits per heavy atom. The molecule has 7 heteroatoms. The lowest BCUT2D eigenvalue weighted by Gasteiger charge is -2.11. The third-order valence-corrected chi connectivity index (χ3v) is 5.30. The minimum Gasteiger partial charge on any atom is -0.316 e. The Kier molecular flexibility index (Phi) is 5.00. The molecule has 1 aliphatic heterocycles. The lowest BCUT2D eigenvalue weighted by molar-refractivity contribution is 0.519.